The zero-order valence-electron chi connectivity index (χ0n) is 33.1. The first kappa shape index (κ1) is 36.4. The first-order valence-corrected chi connectivity index (χ1v) is 20.0. The highest BCUT2D eigenvalue weighted by molar-refractivity contribution is 6.03. The van der Waals surface area contributed by atoms with E-state index < -0.39 is 11.1 Å². The summed E-state index contributed by atoms with van der Waals surface area (Å²) >= 11 is 0. The van der Waals surface area contributed by atoms with Crippen molar-refractivity contribution < 1.29 is 14.3 Å². The number of benzene rings is 4. The molecular formula is C48H48N6O3. The second kappa shape index (κ2) is 14.1. The lowest BCUT2D eigenvalue weighted by atomic mass is 9.77. The maximum atomic E-state index is 14.1. The Bertz CT molecular complexity index is 2480. The lowest BCUT2D eigenvalue weighted by Gasteiger charge is -2.36. The van der Waals surface area contributed by atoms with Crippen LogP contribution in [0.3, 0.4) is 0 Å². The van der Waals surface area contributed by atoms with Crippen molar-refractivity contribution in [3.05, 3.63) is 155 Å². The number of amides is 2. The molecule has 7 aromatic rings. The molecule has 0 aliphatic carbocycles. The molecule has 2 atom stereocenters. The Morgan fingerprint density at radius 2 is 1.30 bits per heavy atom. The van der Waals surface area contributed by atoms with Crippen molar-refractivity contribution in [1.82, 2.24) is 29.5 Å². The summed E-state index contributed by atoms with van der Waals surface area (Å²) in [6, 6.07) is 39.7. The van der Waals surface area contributed by atoms with Crippen molar-refractivity contribution in [1.29, 1.82) is 0 Å². The Morgan fingerprint density at radius 3 is 1.84 bits per heavy atom. The van der Waals surface area contributed by atoms with Crippen LogP contribution in [0.25, 0.3) is 33.2 Å². The molecule has 9 nitrogen and oxygen atoms in total. The van der Waals surface area contributed by atoms with Crippen LogP contribution in [0, 0.1) is 11.8 Å². The van der Waals surface area contributed by atoms with Crippen LogP contribution in [0.15, 0.2) is 128 Å². The zero-order chi connectivity index (χ0) is 39.5. The third-order valence-corrected chi connectivity index (χ3v) is 11.7. The molecule has 288 valence electrons. The average Bonchev–Trinajstić information content (AvgIpc) is 4.00. The van der Waals surface area contributed by atoms with Crippen molar-refractivity contribution >= 4 is 33.9 Å². The van der Waals surface area contributed by atoms with E-state index >= 15 is 0 Å². The second-order valence-corrected chi connectivity index (χ2v) is 16.9. The first-order valence-electron chi connectivity index (χ1n) is 20.0. The van der Waals surface area contributed by atoms with E-state index in [9.17, 15) is 9.59 Å². The molecule has 0 radical (unpaired) electrons. The molecule has 5 heterocycles. The summed E-state index contributed by atoms with van der Waals surface area (Å²) in [5, 5.41) is 7.17. The standard InChI is InChI=1S/C48H48N6O3/c1-31(2)42-39-25-32(45(55)52-27-33-29-53(30-34(33)28-52)46(56)57-47(3,4)5)21-22-41(39)51-43(42)38-23-24-49-44-40(38)26-50-54(44)48(35-15-9-6-10-16-35,36-17-11-7-12-18-36)37-19-13-8-14-20-37/h6-26,31,33-34,51H,27-30H2,1-5H3. The number of aromatic amines is 1. The number of aromatic nitrogens is 4. The number of H-pyrrole nitrogens is 1. The molecule has 4 aromatic carbocycles. The van der Waals surface area contributed by atoms with Crippen LogP contribution in [-0.4, -0.2) is 73.3 Å². The van der Waals surface area contributed by atoms with Crippen LogP contribution in [0.1, 0.15) is 73.1 Å². The average molecular weight is 757 g/mol. The van der Waals surface area contributed by atoms with Gasteiger partial charge in [-0.15, -0.1) is 0 Å². The highest BCUT2D eigenvalue weighted by Crippen LogP contribution is 2.44. The van der Waals surface area contributed by atoms with Gasteiger partial charge in [0.05, 0.1) is 11.9 Å². The van der Waals surface area contributed by atoms with Crippen molar-refractivity contribution in [3.63, 3.8) is 0 Å². The van der Waals surface area contributed by atoms with Crippen molar-refractivity contribution in [2.75, 3.05) is 26.2 Å². The molecule has 9 heteroatoms. The zero-order valence-corrected chi connectivity index (χ0v) is 33.1. The van der Waals surface area contributed by atoms with E-state index in [4.69, 9.17) is 14.8 Å². The molecule has 2 aliphatic heterocycles. The minimum atomic E-state index is -0.810. The summed E-state index contributed by atoms with van der Waals surface area (Å²) < 4.78 is 7.71. The van der Waals surface area contributed by atoms with Gasteiger partial charge in [-0.1, -0.05) is 105 Å². The maximum absolute atomic E-state index is 14.1. The fourth-order valence-electron chi connectivity index (χ4n) is 9.27. The third-order valence-electron chi connectivity index (χ3n) is 11.7. The number of likely N-dealkylation sites (tertiary alicyclic amines) is 2. The topological polar surface area (TPSA) is 96.4 Å². The maximum Gasteiger partial charge on any atom is 0.410 e. The van der Waals surface area contributed by atoms with Gasteiger partial charge < -0.3 is 19.5 Å². The van der Waals surface area contributed by atoms with Crippen LogP contribution < -0.4 is 0 Å². The van der Waals surface area contributed by atoms with Gasteiger partial charge in [0.15, 0.2) is 5.65 Å². The number of nitrogens with one attached hydrogen (secondary N) is 1. The van der Waals surface area contributed by atoms with Gasteiger partial charge in [0.25, 0.3) is 5.91 Å². The minimum absolute atomic E-state index is 0.0271. The molecule has 2 amide bonds. The number of pyridine rings is 1. The molecule has 2 saturated heterocycles. The molecule has 2 aliphatic rings. The molecule has 2 fully saturated rings. The van der Waals surface area contributed by atoms with Crippen molar-refractivity contribution in [2.45, 2.75) is 51.7 Å². The monoisotopic (exact) mass is 756 g/mol. The highest BCUT2D eigenvalue weighted by Gasteiger charge is 2.44. The van der Waals surface area contributed by atoms with E-state index in [-0.39, 0.29) is 29.8 Å². The smallest absolute Gasteiger partial charge is 0.410 e. The van der Waals surface area contributed by atoms with E-state index in [1.54, 1.807) is 4.90 Å². The Hall–Kier alpha value is -6.22. The van der Waals surface area contributed by atoms with Crippen molar-refractivity contribution in [2.24, 2.45) is 11.8 Å². The van der Waals surface area contributed by atoms with E-state index in [2.05, 4.69) is 108 Å². The Kier molecular flexibility index (Phi) is 8.98. The second-order valence-electron chi connectivity index (χ2n) is 16.9. The van der Waals surface area contributed by atoms with Crippen LogP contribution in [0.5, 0.6) is 0 Å². The number of hydrogen-bond donors (Lipinski definition) is 1. The van der Waals surface area contributed by atoms with E-state index in [1.165, 1.54) is 0 Å². The highest BCUT2D eigenvalue weighted by atomic mass is 16.6. The fraction of sp³-hybridized carbons (Fsp3) is 0.292. The lowest BCUT2D eigenvalue weighted by molar-refractivity contribution is 0.0275. The molecule has 57 heavy (non-hydrogen) atoms. The van der Waals surface area contributed by atoms with Gasteiger partial charge in [0.2, 0.25) is 0 Å². The van der Waals surface area contributed by atoms with Crippen LogP contribution >= 0.6 is 0 Å². The Balaban J connectivity index is 1.10. The van der Waals surface area contributed by atoms with Gasteiger partial charge in [0.1, 0.15) is 11.1 Å². The predicted octanol–water partition coefficient (Wildman–Crippen LogP) is 9.48. The van der Waals surface area contributed by atoms with Gasteiger partial charge in [-0.2, -0.15) is 5.10 Å². The first-order chi connectivity index (χ1) is 27.5. The molecular weight excluding hydrogens is 709 g/mol. The van der Waals surface area contributed by atoms with Crippen LogP contribution in [0.4, 0.5) is 4.79 Å². The van der Waals surface area contributed by atoms with E-state index in [0.29, 0.717) is 31.7 Å². The molecule has 0 spiro atoms. The summed E-state index contributed by atoms with van der Waals surface area (Å²) in [5.41, 5.74) is 7.44. The SMILES string of the molecule is CC(C)c1c(-c2ccnc3c2cnn3C(c2ccccc2)(c2ccccc2)c2ccccc2)[nH]c2ccc(C(=O)N3CC4CN(C(=O)OC(C)(C)C)CC4C3)cc12. The molecule has 0 saturated carbocycles. The number of hydrogen-bond acceptors (Lipinski definition) is 5. The normalized spacial score (nSPS) is 17.2. The summed E-state index contributed by atoms with van der Waals surface area (Å²) in [4.78, 5) is 39.4. The number of rotatable bonds is 7. The Morgan fingerprint density at radius 1 is 0.737 bits per heavy atom. The summed E-state index contributed by atoms with van der Waals surface area (Å²) in [6.07, 6.45) is 3.55. The number of nitrogens with zero attached hydrogens (tertiary/aromatic N) is 5. The molecule has 9 rings (SSSR count). The molecule has 2 unspecified atom stereocenters. The van der Waals surface area contributed by atoms with Crippen LogP contribution in [-0.2, 0) is 10.3 Å². The van der Waals surface area contributed by atoms with Gasteiger partial charge in [0, 0.05) is 71.6 Å². The molecule has 0 bridgehead atoms. The number of carbonyl (C=O) groups excluding carboxylic acids is 2. The summed E-state index contributed by atoms with van der Waals surface area (Å²) in [5.74, 6) is 0.669. The van der Waals surface area contributed by atoms with E-state index in [1.807, 2.05) is 68.4 Å². The quantitative estimate of drug-likeness (QED) is 0.164. The summed E-state index contributed by atoms with van der Waals surface area (Å²) in [7, 11) is 0. The Labute approximate surface area is 333 Å². The lowest BCUT2D eigenvalue weighted by Crippen LogP contribution is -2.38. The van der Waals surface area contributed by atoms with E-state index in [0.717, 1.165) is 55.4 Å². The predicted molar refractivity (Wildman–Crippen MR) is 224 cm³/mol. The fourth-order valence-corrected chi connectivity index (χ4v) is 9.27. The number of carbonyl (C=O) groups is 2. The van der Waals surface area contributed by atoms with Crippen molar-refractivity contribution in [3.8, 4) is 11.3 Å². The van der Waals surface area contributed by atoms with Gasteiger partial charge in [-0.25, -0.2) is 14.5 Å². The minimum Gasteiger partial charge on any atom is -0.444 e. The van der Waals surface area contributed by atoms with Gasteiger partial charge in [-0.3, -0.25) is 4.79 Å². The third kappa shape index (κ3) is 6.26. The number of ether oxygens (including phenoxy) is 1. The van der Waals surface area contributed by atoms with Gasteiger partial charge >= 0.3 is 6.09 Å². The largest absolute Gasteiger partial charge is 0.444 e. The molecule has 1 N–H and O–H groups in total. The van der Waals surface area contributed by atoms with Crippen LogP contribution in [0.2, 0.25) is 0 Å². The molecule has 3 aromatic heterocycles. The number of fused-ring (bicyclic) bond motifs is 3. The van der Waals surface area contributed by atoms with Gasteiger partial charge in [-0.05, 0) is 73.2 Å². The summed E-state index contributed by atoms with van der Waals surface area (Å²) in [6.45, 7) is 12.5.